The minimum absolute atomic E-state index is 0.0473. The van der Waals surface area contributed by atoms with Crippen LogP contribution in [0.15, 0.2) is 12.1 Å². The Balaban J connectivity index is 1.53. The molecule has 1 N–H and O–H groups in total. The first-order valence-electron chi connectivity index (χ1n) is 8.38. The molecule has 6 heteroatoms. The second-order valence-corrected chi connectivity index (χ2v) is 7.60. The van der Waals surface area contributed by atoms with Gasteiger partial charge in [0.1, 0.15) is 0 Å². The molecule has 0 bridgehead atoms. The van der Waals surface area contributed by atoms with Gasteiger partial charge in [-0.1, -0.05) is 0 Å². The molecule has 1 saturated heterocycles. The van der Waals surface area contributed by atoms with Crippen LogP contribution < -0.4 is 5.32 Å². The van der Waals surface area contributed by atoms with Crippen molar-refractivity contribution >= 4 is 23.2 Å². The normalized spacial score (nSPS) is 18.7. The first-order valence-corrected chi connectivity index (χ1v) is 9.19. The fourth-order valence-electron chi connectivity index (χ4n) is 2.97. The lowest BCUT2D eigenvalue weighted by Crippen LogP contribution is -2.47. The minimum atomic E-state index is -0.0473. The van der Waals surface area contributed by atoms with Gasteiger partial charge in [-0.15, -0.1) is 11.3 Å². The van der Waals surface area contributed by atoms with E-state index in [1.807, 2.05) is 24.0 Å². The predicted octanol–water partition coefficient (Wildman–Crippen LogP) is 2.20. The monoisotopic (exact) mass is 336 g/mol. The average Bonchev–Trinajstić information content (AvgIpc) is 3.33. The van der Waals surface area contributed by atoms with Crippen molar-refractivity contribution in [1.82, 2.24) is 10.2 Å². The van der Waals surface area contributed by atoms with Crippen LogP contribution in [0.4, 0.5) is 0 Å². The lowest BCUT2D eigenvalue weighted by Gasteiger charge is -2.34. The molecule has 0 spiro atoms. The molecule has 0 unspecified atom stereocenters. The van der Waals surface area contributed by atoms with Gasteiger partial charge in [0.05, 0.1) is 4.88 Å². The zero-order valence-corrected chi connectivity index (χ0v) is 14.4. The van der Waals surface area contributed by atoms with Crippen molar-refractivity contribution < 1.29 is 14.3 Å². The van der Waals surface area contributed by atoms with E-state index in [4.69, 9.17) is 4.74 Å². The molecule has 126 valence electrons. The summed E-state index contributed by atoms with van der Waals surface area (Å²) in [5.74, 6) is 0.431. The Bertz CT molecular complexity index is 562. The van der Waals surface area contributed by atoms with Gasteiger partial charge in [-0.2, -0.15) is 0 Å². The number of thiophene rings is 1. The van der Waals surface area contributed by atoms with Crippen LogP contribution in [-0.2, 0) is 9.53 Å². The predicted molar refractivity (Wildman–Crippen MR) is 89.7 cm³/mol. The van der Waals surface area contributed by atoms with Crippen LogP contribution in [0, 0.1) is 12.8 Å². The highest BCUT2D eigenvalue weighted by molar-refractivity contribution is 7.13. The van der Waals surface area contributed by atoms with Crippen LogP contribution in [-0.4, -0.2) is 49.1 Å². The summed E-state index contributed by atoms with van der Waals surface area (Å²) in [6.45, 7) is 4.53. The van der Waals surface area contributed by atoms with Crippen molar-refractivity contribution in [3.05, 3.63) is 21.9 Å². The Kier molecular flexibility index (Phi) is 5.33. The third kappa shape index (κ3) is 4.32. The average molecular weight is 336 g/mol. The lowest BCUT2D eigenvalue weighted by molar-refractivity contribution is -0.136. The molecule has 3 rings (SSSR count). The van der Waals surface area contributed by atoms with Gasteiger partial charge in [-0.05, 0) is 44.7 Å². The summed E-state index contributed by atoms with van der Waals surface area (Å²) in [6, 6.07) is 4.06. The van der Waals surface area contributed by atoms with Gasteiger partial charge >= 0.3 is 0 Å². The summed E-state index contributed by atoms with van der Waals surface area (Å²) >= 11 is 1.49. The Hall–Kier alpha value is -1.40. The number of nitrogens with zero attached hydrogens (tertiary/aromatic N) is 1. The first-order chi connectivity index (χ1) is 11.1. The van der Waals surface area contributed by atoms with E-state index in [0.717, 1.165) is 48.7 Å². The summed E-state index contributed by atoms with van der Waals surface area (Å²) in [6.07, 6.45) is 3.83. The molecular formula is C17H24N2O3S. The van der Waals surface area contributed by atoms with Crippen LogP contribution in [0.3, 0.4) is 0 Å². The highest BCUT2D eigenvalue weighted by Gasteiger charge is 2.36. The largest absolute Gasteiger partial charge is 0.381 e. The summed E-state index contributed by atoms with van der Waals surface area (Å²) < 4.78 is 5.40. The Labute approximate surface area is 141 Å². The van der Waals surface area contributed by atoms with E-state index in [1.165, 1.54) is 11.3 Å². The van der Waals surface area contributed by atoms with E-state index < -0.39 is 0 Å². The SMILES string of the molecule is Cc1ccc(C(=O)NCCN(C(=O)C2CC2)C2CCOCC2)s1. The molecule has 1 saturated carbocycles. The number of hydrogen-bond donors (Lipinski definition) is 1. The van der Waals surface area contributed by atoms with Gasteiger partial charge in [0.15, 0.2) is 0 Å². The number of ether oxygens (including phenoxy) is 1. The second kappa shape index (κ2) is 7.45. The summed E-state index contributed by atoms with van der Waals surface area (Å²) in [4.78, 5) is 28.5. The maximum absolute atomic E-state index is 12.5. The van der Waals surface area contributed by atoms with E-state index in [0.29, 0.717) is 13.1 Å². The minimum Gasteiger partial charge on any atom is -0.381 e. The summed E-state index contributed by atoms with van der Waals surface area (Å²) in [7, 11) is 0. The van der Waals surface area contributed by atoms with Crippen molar-refractivity contribution in [2.45, 2.75) is 38.6 Å². The van der Waals surface area contributed by atoms with E-state index in [-0.39, 0.29) is 23.8 Å². The molecule has 1 aliphatic heterocycles. The fourth-order valence-corrected chi connectivity index (χ4v) is 3.75. The number of nitrogens with one attached hydrogen (secondary N) is 1. The van der Waals surface area contributed by atoms with E-state index >= 15 is 0 Å². The zero-order valence-electron chi connectivity index (χ0n) is 13.5. The topological polar surface area (TPSA) is 58.6 Å². The van der Waals surface area contributed by atoms with Crippen LogP contribution in [0.1, 0.15) is 40.2 Å². The van der Waals surface area contributed by atoms with Crippen molar-refractivity contribution in [3.8, 4) is 0 Å². The first kappa shape index (κ1) is 16.5. The van der Waals surface area contributed by atoms with Crippen molar-refractivity contribution in [3.63, 3.8) is 0 Å². The van der Waals surface area contributed by atoms with Crippen LogP contribution in [0.5, 0.6) is 0 Å². The fraction of sp³-hybridized carbons (Fsp3) is 0.647. The highest BCUT2D eigenvalue weighted by atomic mass is 32.1. The maximum atomic E-state index is 12.5. The lowest BCUT2D eigenvalue weighted by atomic mass is 10.1. The van der Waals surface area contributed by atoms with E-state index in [2.05, 4.69) is 5.32 Å². The van der Waals surface area contributed by atoms with Crippen LogP contribution >= 0.6 is 11.3 Å². The standard InChI is InChI=1S/C17H24N2O3S/c1-12-2-5-15(23-12)16(20)18-8-9-19(17(21)13-3-4-13)14-6-10-22-11-7-14/h2,5,13-14H,3-4,6-11H2,1H3,(H,18,20). The number of rotatable bonds is 6. The van der Waals surface area contributed by atoms with Gasteiger partial charge in [0.25, 0.3) is 5.91 Å². The number of amides is 2. The van der Waals surface area contributed by atoms with Crippen molar-refractivity contribution in [1.29, 1.82) is 0 Å². The zero-order chi connectivity index (χ0) is 16.2. The molecule has 23 heavy (non-hydrogen) atoms. The molecule has 1 aromatic rings. The van der Waals surface area contributed by atoms with Crippen LogP contribution in [0.2, 0.25) is 0 Å². The number of carbonyl (C=O) groups is 2. The van der Waals surface area contributed by atoms with Crippen LogP contribution in [0.25, 0.3) is 0 Å². The molecule has 2 fully saturated rings. The maximum Gasteiger partial charge on any atom is 0.261 e. The Morgan fingerprint density at radius 2 is 2.00 bits per heavy atom. The Morgan fingerprint density at radius 1 is 1.26 bits per heavy atom. The molecule has 1 aliphatic carbocycles. The smallest absolute Gasteiger partial charge is 0.261 e. The van der Waals surface area contributed by atoms with E-state index in [1.54, 1.807) is 0 Å². The molecule has 5 nitrogen and oxygen atoms in total. The van der Waals surface area contributed by atoms with E-state index in [9.17, 15) is 9.59 Å². The third-order valence-corrected chi connectivity index (χ3v) is 5.44. The molecule has 0 aromatic carbocycles. The third-order valence-electron chi connectivity index (χ3n) is 4.44. The summed E-state index contributed by atoms with van der Waals surface area (Å²) in [5, 5.41) is 2.94. The molecule has 0 radical (unpaired) electrons. The van der Waals surface area contributed by atoms with Crippen molar-refractivity contribution in [2.24, 2.45) is 5.92 Å². The van der Waals surface area contributed by atoms with Gasteiger partial charge in [0.2, 0.25) is 5.91 Å². The van der Waals surface area contributed by atoms with Gasteiger partial charge in [0, 0.05) is 43.1 Å². The van der Waals surface area contributed by atoms with Gasteiger partial charge in [-0.25, -0.2) is 0 Å². The molecular weight excluding hydrogens is 312 g/mol. The highest BCUT2D eigenvalue weighted by Crippen LogP contribution is 2.32. The van der Waals surface area contributed by atoms with Gasteiger partial charge < -0.3 is 15.0 Å². The molecule has 2 amide bonds. The number of carbonyl (C=O) groups excluding carboxylic acids is 2. The number of hydrogen-bond acceptors (Lipinski definition) is 4. The molecule has 1 aromatic heterocycles. The second-order valence-electron chi connectivity index (χ2n) is 6.32. The number of aryl methyl sites for hydroxylation is 1. The quantitative estimate of drug-likeness (QED) is 0.866. The molecule has 0 atom stereocenters. The summed E-state index contributed by atoms with van der Waals surface area (Å²) in [5.41, 5.74) is 0. The molecule has 2 aliphatic rings. The van der Waals surface area contributed by atoms with Gasteiger partial charge in [-0.3, -0.25) is 9.59 Å². The van der Waals surface area contributed by atoms with Crippen molar-refractivity contribution in [2.75, 3.05) is 26.3 Å². The Morgan fingerprint density at radius 3 is 2.61 bits per heavy atom. The molecule has 2 heterocycles.